The van der Waals surface area contributed by atoms with Gasteiger partial charge in [0.2, 0.25) is 0 Å². The molecule has 0 saturated heterocycles. The number of aryl methyl sites for hydroxylation is 2. The summed E-state index contributed by atoms with van der Waals surface area (Å²) in [5.41, 5.74) is 6.25. The van der Waals surface area contributed by atoms with Crippen LogP contribution in [0, 0.1) is 33.1 Å². The third-order valence-electron chi connectivity index (χ3n) is 12.0. The number of hydrogen-bond donors (Lipinski definition) is 4. The molecule has 2 aromatic rings. The van der Waals surface area contributed by atoms with Crippen LogP contribution >= 0.6 is 0 Å². The highest BCUT2D eigenvalue weighted by molar-refractivity contribution is 5.54. The average Bonchev–Trinajstić information content (AvgIpc) is 3.04. The van der Waals surface area contributed by atoms with E-state index in [4.69, 9.17) is 0 Å². The van der Waals surface area contributed by atoms with Crippen molar-refractivity contribution < 1.29 is 20.4 Å². The van der Waals surface area contributed by atoms with Crippen LogP contribution in [0.15, 0.2) is 12.1 Å². The van der Waals surface area contributed by atoms with E-state index in [9.17, 15) is 20.4 Å². The van der Waals surface area contributed by atoms with Crippen LogP contribution in [0.5, 0.6) is 11.5 Å². The van der Waals surface area contributed by atoms with Crippen LogP contribution in [0.25, 0.3) is 0 Å². The fraction of sp³-hybridized carbons (Fsp3) is 0.745. The molecule has 2 unspecified atom stereocenters. The Hall–Kier alpha value is -2.04. The molecule has 292 valence electrons. The number of unbranched alkanes of at least 4 members (excludes halogenated alkanes) is 14. The molecule has 4 N–H and O–H groups in total. The van der Waals surface area contributed by atoms with Gasteiger partial charge in [-0.2, -0.15) is 0 Å². The second-order valence-electron chi connectivity index (χ2n) is 18.4. The van der Waals surface area contributed by atoms with Crippen LogP contribution in [0.1, 0.15) is 203 Å². The predicted molar refractivity (Wildman–Crippen MR) is 220 cm³/mol. The molecule has 0 bridgehead atoms. The van der Waals surface area contributed by atoms with Crippen molar-refractivity contribution in [1.29, 1.82) is 0 Å². The van der Waals surface area contributed by atoms with Gasteiger partial charge in [-0.15, -0.1) is 0 Å². The highest BCUT2D eigenvalue weighted by atomic mass is 16.3. The lowest BCUT2D eigenvalue weighted by Gasteiger charge is -2.43. The Balaban J connectivity index is 2.24. The smallest absolute Gasteiger partial charge is 0.122 e. The average molecular weight is 709 g/mol. The number of rotatable bonds is 22. The van der Waals surface area contributed by atoms with E-state index < -0.39 is 17.6 Å². The zero-order valence-corrected chi connectivity index (χ0v) is 35.3. The number of benzene rings is 2. The van der Waals surface area contributed by atoms with Crippen LogP contribution in [0.2, 0.25) is 0 Å². The van der Waals surface area contributed by atoms with Gasteiger partial charge in [-0.05, 0) is 109 Å². The van der Waals surface area contributed by atoms with Crippen molar-refractivity contribution in [2.75, 3.05) is 0 Å². The van der Waals surface area contributed by atoms with Crippen molar-refractivity contribution in [2.45, 2.75) is 222 Å². The molecule has 0 aliphatic carbocycles. The van der Waals surface area contributed by atoms with E-state index >= 15 is 0 Å². The molecule has 0 spiro atoms. The summed E-state index contributed by atoms with van der Waals surface area (Å²) in [6.45, 7) is 24.9. The lowest BCUT2D eigenvalue weighted by Crippen LogP contribution is -2.48. The maximum atomic E-state index is 12.2. The van der Waals surface area contributed by atoms with Crippen LogP contribution in [0.4, 0.5) is 0 Å². The first kappa shape index (κ1) is 45.1. The molecule has 4 nitrogen and oxygen atoms in total. The Bertz CT molecular complexity index is 1260. The maximum Gasteiger partial charge on any atom is 0.122 e. The Morgan fingerprint density at radius 3 is 1.14 bits per heavy atom. The van der Waals surface area contributed by atoms with E-state index in [0.29, 0.717) is 30.8 Å². The van der Waals surface area contributed by atoms with E-state index in [0.717, 1.165) is 57.3 Å². The van der Waals surface area contributed by atoms with Gasteiger partial charge in [-0.25, -0.2) is 0 Å². The number of phenolic OH excluding ortho intramolecular Hbond substituents is 2. The summed E-state index contributed by atoms with van der Waals surface area (Å²) in [6.07, 6.45) is 19.3. The molecule has 0 heterocycles. The summed E-state index contributed by atoms with van der Waals surface area (Å²) >= 11 is 0. The molecule has 0 aliphatic heterocycles. The summed E-state index contributed by atoms with van der Waals surface area (Å²) in [4.78, 5) is 0. The highest BCUT2D eigenvalue weighted by Gasteiger charge is 2.44. The van der Waals surface area contributed by atoms with E-state index in [1.165, 1.54) is 83.5 Å². The first-order chi connectivity index (χ1) is 23.8. The lowest BCUT2D eigenvalue weighted by atomic mass is 9.65. The SMILES string of the molecule is CCCCCCCCCCCCCCCCCC(O)C(Cc1c(C)cc(C(C)(C)C)c(O)c1C)(Cc1c(C)cc(C(C)(C)C)c(O)c1C)C(C)O. The van der Waals surface area contributed by atoms with Gasteiger partial charge in [0.15, 0.2) is 0 Å². The third kappa shape index (κ3) is 12.8. The summed E-state index contributed by atoms with van der Waals surface area (Å²) < 4.78 is 0. The van der Waals surface area contributed by atoms with Gasteiger partial charge in [0, 0.05) is 5.41 Å². The maximum absolute atomic E-state index is 12.2. The van der Waals surface area contributed by atoms with Gasteiger partial charge in [0.25, 0.3) is 0 Å². The summed E-state index contributed by atoms with van der Waals surface area (Å²) in [7, 11) is 0. The van der Waals surface area contributed by atoms with Gasteiger partial charge in [0.05, 0.1) is 12.2 Å². The van der Waals surface area contributed by atoms with E-state index in [-0.39, 0.29) is 10.8 Å². The molecule has 0 amide bonds. The Kier molecular flexibility index (Phi) is 18.1. The Labute approximate surface area is 314 Å². The summed E-state index contributed by atoms with van der Waals surface area (Å²) in [5, 5.41) is 46.9. The van der Waals surface area contributed by atoms with Gasteiger partial charge in [0.1, 0.15) is 11.5 Å². The third-order valence-corrected chi connectivity index (χ3v) is 12.0. The molecule has 0 saturated carbocycles. The van der Waals surface area contributed by atoms with Crippen molar-refractivity contribution in [3.8, 4) is 11.5 Å². The topological polar surface area (TPSA) is 80.9 Å². The molecule has 2 atom stereocenters. The molecular weight excluding hydrogens is 629 g/mol. The minimum atomic E-state index is -0.910. The second kappa shape index (κ2) is 20.4. The second-order valence-corrected chi connectivity index (χ2v) is 18.4. The minimum Gasteiger partial charge on any atom is -0.507 e. The molecule has 2 aromatic carbocycles. The van der Waals surface area contributed by atoms with Gasteiger partial charge >= 0.3 is 0 Å². The largest absolute Gasteiger partial charge is 0.507 e. The normalized spacial score (nSPS) is 13.9. The number of hydrogen-bond acceptors (Lipinski definition) is 4. The number of aliphatic hydroxyl groups excluding tert-OH is 2. The van der Waals surface area contributed by atoms with Crippen molar-refractivity contribution in [1.82, 2.24) is 0 Å². The van der Waals surface area contributed by atoms with Gasteiger partial charge < -0.3 is 20.4 Å². The van der Waals surface area contributed by atoms with Crippen molar-refractivity contribution in [3.63, 3.8) is 0 Å². The van der Waals surface area contributed by atoms with Crippen molar-refractivity contribution in [2.24, 2.45) is 5.41 Å². The van der Waals surface area contributed by atoms with Crippen LogP contribution < -0.4 is 0 Å². The molecule has 51 heavy (non-hydrogen) atoms. The molecule has 0 aromatic heterocycles. The Morgan fingerprint density at radius 1 is 0.529 bits per heavy atom. The predicted octanol–water partition coefficient (Wildman–Crippen LogP) is 12.7. The van der Waals surface area contributed by atoms with Gasteiger partial charge in [-0.3, -0.25) is 0 Å². The number of aromatic hydroxyl groups is 2. The monoisotopic (exact) mass is 709 g/mol. The first-order valence-electron chi connectivity index (χ1n) is 20.8. The Morgan fingerprint density at radius 2 is 0.843 bits per heavy atom. The fourth-order valence-electron chi connectivity index (χ4n) is 8.24. The summed E-state index contributed by atoms with van der Waals surface area (Å²) in [6, 6.07) is 4.18. The minimum absolute atomic E-state index is 0.215. The van der Waals surface area contributed by atoms with E-state index in [2.05, 4.69) is 74.4 Å². The first-order valence-corrected chi connectivity index (χ1v) is 20.8. The molecule has 2 rings (SSSR count). The number of phenols is 2. The fourth-order valence-corrected chi connectivity index (χ4v) is 8.24. The zero-order chi connectivity index (χ0) is 38.6. The molecule has 4 heteroatoms. The van der Waals surface area contributed by atoms with E-state index in [1.807, 2.05) is 20.8 Å². The van der Waals surface area contributed by atoms with Gasteiger partial charge in [-0.1, -0.05) is 157 Å². The molecular formula is C47H80O4. The summed E-state index contributed by atoms with van der Waals surface area (Å²) in [5.74, 6) is 0.609. The zero-order valence-electron chi connectivity index (χ0n) is 35.3. The molecule has 0 aliphatic rings. The highest BCUT2D eigenvalue weighted by Crippen LogP contribution is 2.45. The van der Waals surface area contributed by atoms with Crippen molar-refractivity contribution >= 4 is 0 Å². The van der Waals surface area contributed by atoms with Crippen molar-refractivity contribution in [3.05, 3.63) is 56.6 Å². The quantitative estimate of drug-likeness (QED) is 0.0918. The lowest BCUT2D eigenvalue weighted by molar-refractivity contribution is -0.0673. The number of aliphatic hydroxyl groups is 2. The van der Waals surface area contributed by atoms with E-state index in [1.54, 1.807) is 0 Å². The molecule has 0 fully saturated rings. The van der Waals surface area contributed by atoms with Crippen LogP contribution in [0.3, 0.4) is 0 Å². The molecule has 0 radical (unpaired) electrons. The standard InChI is InChI=1S/C47H80O4/c1-13-14-15-16-17-18-19-20-21-22-23-24-25-26-27-28-42(49)47(37(6)48,31-38-33(2)29-40(45(7,8)9)43(50)35(38)4)32-39-34(3)30-41(46(10,11)12)44(51)36(39)5/h29-30,37,42,48-51H,13-28,31-32H2,1-12H3. The van der Waals surface area contributed by atoms with Crippen LogP contribution in [-0.2, 0) is 23.7 Å². The van der Waals surface area contributed by atoms with Crippen LogP contribution in [-0.4, -0.2) is 32.6 Å².